The highest BCUT2D eigenvalue weighted by Crippen LogP contribution is 2.34. The van der Waals surface area contributed by atoms with Crippen LogP contribution in [0, 0.1) is 5.82 Å². The maximum Gasteiger partial charge on any atom is 0.146 e. The summed E-state index contributed by atoms with van der Waals surface area (Å²) in [5.41, 5.74) is 5.26. The molecule has 1 heterocycles. The Bertz CT molecular complexity index is 362. The van der Waals surface area contributed by atoms with Crippen LogP contribution in [0.3, 0.4) is 0 Å². The van der Waals surface area contributed by atoms with Gasteiger partial charge in [0.2, 0.25) is 0 Å². The van der Waals surface area contributed by atoms with Crippen molar-refractivity contribution in [1.29, 1.82) is 0 Å². The van der Waals surface area contributed by atoms with Crippen molar-refractivity contribution in [2.45, 2.75) is 18.4 Å². The highest BCUT2D eigenvalue weighted by Gasteiger charge is 2.33. The van der Waals surface area contributed by atoms with Crippen molar-refractivity contribution in [2.75, 3.05) is 18.8 Å². The molecule has 82 valence electrons. The van der Waals surface area contributed by atoms with Gasteiger partial charge in [-0.2, -0.15) is 0 Å². The van der Waals surface area contributed by atoms with Gasteiger partial charge in [-0.05, 0) is 32.0 Å². The summed E-state index contributed by atoms with van der Waals surface area (Å²) in [5.74, 6) is -0.459. The van der Waals surface area contributed by atoms with Crippen LogP contribution >= 0.6 is 0 Å². The quantitative estimate of drug-likeness (QED) is 0.605. The Balaban J connectivity index is 2.39. The first-order valence-corrected chi connectivity index (χ1v) is 5.11. The van der Waals surface area contributed by atoms with Crippen LogP contribution in [0.25, 0.3) is 0 Å². The van der Waals surface area contributed by atoms with Crippen molar-refractivity contribution in [3.05, 3.63) is 29.6 Å². The third-order valence-corrected chi connectivity index (χ3v) is 2.98. The van der Waals surface area contributed by atoms with Gasteiger partial charge in [-0.25, -0.2) is 4.39 Å². The summed E-state index contributed by atoms with van der Waals surface area (Å²) in [6.07, 6.45) is 1.14. The minimum atomic E-state index is -0.975. The molecule has 0 spiro atoms. The van der Waals surface area contributed by atoms with E-state index in [9.17, 15) is 9.50 Å². The van der Waals surface area contributed by atoms with E-state index < -0.39 is 11.4 Å². The molecule has 0 unspecified atom stereocenters. The molecule has 1 fully saturated rings. The van der Waals surface area contributed by atoms with E-state index in [0.717, 1.165) is 13.1 Å². The Morgan fingerprint density at radius 2 is 2.00 bits per heavy atom. The van der Waals surface area contributed by atoms with Gasteiger partial charge in [0.05, 0.1) is 11.3 Å². The zero-order valence-corrected chi connectivity index (χ0v) is 8.46. The maximum absolute atomic E-state index is 13.3. The first-order chi connectivity index (χ1) is 7.13. The van der Waals surface area contributed by atoms with E-state index in [4.69, 9.17) is 5.73 Å². The maximum atomic E-state index is 13.3. The number of piperidine rings is 1. The standard InChI is InChI=1S/C11H15FN2O/c12-9-3-1-2-8(10(9)13)11(15)4-6-14-7-5-11/h1-3,14-15H,4-7,13H2. The van der Waals surface area contributed by atoms with Gasteiger partial charge in [0, 0.05) is 5.56 Å². The van der Waals surface area contributed by atoms with Crippen molar-refractivity contribution < 1.29 is 9.50 Å². The van der Waals surface area contributed by atoms with E-state index in [1.165, 1.54) is 6.07 Å². The number of anilines is 1. The van der Waals surface area contributed by atoms with E-state index >= 15 is 0 Å². The molecule has 0 aliphatic carbocycles. The van der Waals surface area contributed by atoms with Crippen LogP contribution in [0.1, 0.15) is 18.4 Å². The zero-order chi connectivity index (χ0) is 10.9. The van der Waals surface area contributed by atoms with Gasteiger partial charge in [0.15, 0.2) is 0 Å². The number of benzene rings is 1. The number of hydrogen-bond donors (Lipinski definition) is 3. The fourth-order valence-corrected chi connectivity index (χ4v) is 2.05. The lowest BCUT2D eigenvalue weighted by atomic mass is 9.84. The third kappa shape index (κ3) is 1.82. The Hall–Kier alpha value is -1.13. The van der Waals surface area contributed by atoms with Crippen molar-refractivity contribution >= 4 is 5.69 Å². The van der Waals surface area contributed by atoms with Crippen molar-refractivity contribution in [2.24, 2.45) is 0 Å². The number of nitrogens with one attached hydrogen (secondary N) is 1. The molecular formula is C11H15FN2O. The molecule has 3 nitrogen and oxygen atoms in total. The average molecular weight is 210 g/mol. The fraction of sp³-hybridized carbons (Fsp3) is 0.455. The Labute approximate surface area is 88.1 Å². The molecule has 15 heavy (non-hydrogen) atoms. The number of hydrogen-bond acceptors (Lipinski definition) is 3. The van der Waals surface area contributed by atoms with Crippen molar-refractivity contribution in [3.8, 4) is 0 Å². The molecule has 0 bridgehead atoms. The van der Waals surface area contributed by atoms with Gasteiger partial charge < -0.3 is 16.2 Å². The summed E-state index contributed by atoms with van der Waals surface area (Å²) < 4.78 is 13.3. The molecule has 0 atom stereocenters. The molecule has 0 radical (unpaired) electrons. The van der Waals surface area contributed by atoms with Crippen LogP contribution in [0.2, 0.25) is 0 Å². The predicted molar refractivity (Wildman–Crippen MR) is 56.8 cm³/mol. The lowest BCUT2D eigenvalue weighted by molar-refractivity contribution is 0.00644. The fourth-order valence-electron chi connectivity index (χ4n) is 2.05. The van der Waals surface area contributed by atoms with Crippen LogP contribution in [-0.2, 0) is 5.60 Å². The normalized spacial score (nSPS) is 20.1. The minimum absolute atomic E-state index is 0.0712. The molecule has 2 rings (SSSR count). The van der Waals surface area contributed by atoms with E-state index in [-0.39, 0.29) is 5.69 Å². The molecule has 0 aromatic heterocycles. The Kier molecular flexibility index (Phi) is 2.63. The van der Waals surface area contributed by atoms with Crippen molar-refractivity contribution in [3.63, 3.8) is 0 Å². The van der Waals surface area contributed by atoms with Gasteiger partial charge in [-0.3, -0.25) is 0 Å². The largest absolute Gasteiger partial charge is 0.396 e. The minimum Gasteiger partial charge on any atom is -0.396 e. The summed E-state index contributed by atoms with van der Waals surface area (Å²) >= 11 is 0. The lowest BCUT2D eigenvalue weighted by Gasteiger charge is -2.33. The van der Waals surface area contributed by atoms with Gasteiger partial charge >= 0.3 is 0 Å². The number of nitrogen functional groups attached to an aromatic ring is 1. The van der Waals surface area contributed by atoms with E-state index in [1.54, 1.807) is 12.1 Å². The molecule has 1 saturated heterocycles. The number of para-hydroxylation sites is 1. The van der Waals surface area contributed by atoms with Gasteiger partial charge in [0.25, 0.3) is 0 Å². The lowest BCUT2D eigenvalue weighted by Crippen LogP contribution is -2.40. The highest BCUT2D eigenvalue weighted by atomic mass is 19.1. The summed E-state index contributed by atoms with van der Waals surface area (Å²) in [6.45, 7) is 1.46. The molecule has 1 aliphatic heterocycles. The second-order valence-corrected chi connectivity index (χ2v) is 3.98. The molecule has 1 aliphatic rings. The van der Waals surface area contributed by atoms with Crippen LogP contribution < -0.4 is 11.1 Å². The number of nitrogens with two attached hydrogens (primary N) is 1. The average Bonchev–Trinajstić information content (AvgIpc) is 2.23. The molecule has 1 aromatic carbocycles. The van der Waals surface area contributed by atoms with Crippen LogP contribution in [0.4, 0.5) is 10.1 Å². The van der Waals surface area contributed by atoms with Gasteiger partial charge in [-0.15, -0.1) is 0 Å². The summed E-state index contributed by atoms with van der Waals surface area (Å²) in [7, 11) is 0. The van der Waals surface area contributed by atoms with E-state index in [1.807, 2.05) is 0 Å². The summed E-state index contributed by atoms with van der Waals surface area (Å²) in [6, 6.07) is 4.59. The number of aliphatic hydroxyl groups is 1. The zero-order valence-electron chi connectivity index (χ0n) is 8.46. The van der Waals surface area contributed by atoms with Crippen LogP contribution in [-0.4, -0.2) is 18.2 Å². The monoisotopic (exact) mass is 210 g/mol. The number of rotatable bonds is 1. The first kappa shape index (κ1) is 10.4. The molecule has 4 N–H and O–H groups in total. The SMILES string of the molecule is Nc1c(F)cccc1C1(O)CCNCC1. The second-order valence-electron chi connectivity index (χ2n) is 3.98. The van der Waals surface area contributed by atoms with Crippen LogP contribution in [0.5, 0.6) is 0 Å². The topological polar surface area (TPSA) is 58.3 Å². The Morgan fingerprint density at radius 1 is 1.33 bits per heavy atom. The highest BCUT2D eigenvalue weighted by molar-refractivity contribution is 5.51. The molecular weight excluding hydrogens is 195 g/mol. The number of halogens is 1. The van der Waals surface area contributed by atoms with E-state index in [2.05, 4.69) is 5.32 Å². The molecule has 1 aromatic rings. The first-order valence-electron chi connectivity index (χ1n) is 5.11. The summed E-state index contributed by atoms with van der Waals surface area (Å²) in [4.78, 5) is 0. The van der Waals surface area contributed by atoms with Crippen LogP contribution in [0.15, 0.2) is 18.2 Å². The van der Waals surface area contributed by atoms with Gasteiger partial charge in [-0.1, -0.05) is 12.1 Å². The predicted octanol–water partition coefficient (Wildman–Crippen LogP) is 0.979. The second kappa shape index (κ2) is 3.79. The molecule has 4 heteroatoms. The van der Waals surface area contributed by atoms with E-state index in [0.29, 0.717) is 18.4 Å². The molecule has 0 saturated carbocycles. The Morgan fingerprint density at radius 3 is 2.67 bits per heavy atom. The molecule has 0 amide bonds. The van der Waals surface area contributed by atoms with Crippen molar-refractivity contribution in [1.82, 2.24) is 5.32 Å². The summed E-state index contributed by atoms with van der Waals surface area (Å²) in [5, 5.41) is 13.5. The third-order valence-electron chi connectivity index (χ3n) is 2.98. The smallest absolute Gasteiger partial charge is 0.146 e. The van der Waals surface area contributed by atoms with Gasteiger partial charge in [0.1, 0.15) is 5.82 Å².